The monoisotopic (exact) mass is 284 g/mol. The third kappa shape index (κ3) is 6.28. The molecule has 3 nitrogen and oxygen atoms in total. The molecular weight excluding hydrogens is 260 g/mol. The standard InChI is InChI=1S/C15H25ClN2O/c1-15(2,3)17-11-12-13(16)7-6-8-14(12)19-10-9-18(4)5/h6-8,17H,9-11H2,1-5H3. The molecule has 0 unspecified atom stereocenters. The van der Waals surface area contributed by atoms with Crippen molar-refractivity contribution in [1.82, 2.24) is 10.2 Å². The molecule has 1 rings (SSSR count). The van der Waals surface area contributed by atoms with Crippen molar-refractivity contribution in [2.75, 3.05) is 27.2 Å². The molecule has 0 heterocycles. The van der Waals surface area contributed by atoms with Crippen LogP contribution in [0.15, 0.2) is 18.2 Å². The Bertz CT molecular complexity index is 400. The molecule has 0 radical (unpaired) electrons. The molecule has 0 bridgehead atoms. The number of nitrogens with one attached hydrogen (secondary N) is 1. The fourth-order valence-electron chi connectivity index (χ4n) is 1.54. The van der Waals surface area contributed by atoms with Crippen LogP contribution in [0.4, 0.5) is 0 Å². The molecule has 0 saturated heterocycles. The smallest absolute Gasteiger partial charge is 0.125 e. The van der Waals surface area contributed by atoms with Gasteiger partial charge in [0.25, 0.3) is 0 Å². The van der Waals surface area contributed by atoms with Crippen LogP contribution in [0, 0.1) is 0 Å². The zero-order valence-electron chi connectivity index (χ0n) is 12.6. The van der Waals surface area contributed by atoms with E-state index in [1.54, 1.807) is 0 Å². The van der Waals surface area contributed by atoms with Crippen LogP contribution in [-0.4, -0.2) is 37.7 Å². The van der Waals surface area contributed by atoms with Crippen molar-refractivity contribution in [2.24, 2.45) is 0 Å². The Balaban J connectivity index is 2.72. The number of rotatable bonds is 6. The predicted octanol–water partition coefficient (Wildman–Crippen LogP) is 3.17. The normalized spacial score (nSPS) is 11.9. The van der Waals surface area contributed by atoms with Crippen LogP contribution in [0.5, 0.6) is 5.75 Å². The average molecular weight is 285 g/mol. The molecule has 1 aromatic rings. The van der Waals surface area contributed by atoms with Crippen LogP contribution >= 0.6 is 11.6 Å². The van der Waals surface area contributed by atoms with Gasteiger partial charge in [0.05, 0.1) is 0 Å². The summed E-state index contributed by atoms with van der Waals surface area (Å²) in [5.41, 5.74) is 1.08. The zero-order chi connectivity index (χ0) is 14.5. The van der Waals surface area contributed by atoms with Gasteiger partial charge in [-0.3, -0.25) is 0 Å². The highest BCUT2D eigenvalue weighted by Crippen LogP contribution is 2.26. The number of halogens is 1. The summed E-state index contributed by atoms with van der Waals surface area (Å²) in [5, 5.41) is 4.19. The summed E-state index contributed by atoms with van der Waals surface area (Å²) < 4.78 is 5.83. The number of ether oxygens (including phenoxy) is 1. The van der Waals surface area contributed by atoms with Crippen molar-refractivity contribution in [2.45, 2.75) is 32.9 Å². The van der Waals surface area contributed by atoms with Gasteiger partial charge in [-0.1, -0.05) is 17.7 Å². The Morgan fingerprint density at radius 2 is 1.95 bits per heavy atom. The number of likely N-dealkylation sites (N-methyl/N-ethyl adjacent to an activating group) is 1. The quantitative estimate of drug-likeness (QED) is 0.868. The zero-order valence-corrected chi connectivity index (χ0v) is 13.3. The molecule has 1 N–H and O–H groups in total. The first-order valence-corrected chi connectivity index (χ1v) is 6.97. The van der Waals surface area contributed by atoms with E-state index < -0.39 is 0 Å². The van der Waals surface area contributed by atoms with Gasteiger partial charge in [0, 0.05) is 29.2 Å². The summed E-state index contributed by atoms with van der Waals surface area (Å²) in [6.45, 7) is 8.66. The highest BCUT2D eigenvalue weighted by Gasteiger charge is 2.13. The minimum atomic E-state index is 0.0556. The molecule has 19 heavy (non-hydrogen) atoms. The van der Waals surface area contributed by atoms with E-state index in [9.17, 15) is 0 Å². The van der Waals surface area contributed by atoms with Gasteiger partial charge in [-0.15, -0.1) is 0 Å². The minimum absolute atomic E-state index is 0.0556. The molecule has 0 amide bonds. The molecular formula is C15H25ClN2O. The van der Waals surface area contributed by atoms with Crippen LogP contribution in [0.25, 0.3) is 0 Å². The summed E-state index contributed by atoms with van der Waals surface area (Å²) in [6, 6.07) is 5.80. The average Bonchev–Trinajstić information content (AvgIpc) is 2.26. The Morgan fingerprint density at radius 1 is 1.26 bits per heavy atom. The van der Waals surface area contributed by atoms with Gasteiger partial charge in [-0.25, -0.2) is 0 Å². The van der Waals surface area contributed by atoms with E-state index in [-0.39, 0.29) is 5.54 Å². The summed E-state index contributed by atoms with van der Waals surface area (Å²) in [5.74, 6) is 0.867. The van der Waals surface area contributed by atoms with Crippen LogP contribution in [0.3, 0.4) is 0 Å². The fourth-order valence-corrected chi connectivity index (χ4v) is 1.77. The topological polar surface area (TPSA) is 24.5 Å². The van der Waals surface area contributed by atoms with E-state index in [1.807, 2.05) is 32.3 Å². The molecule has 0 aromatic heterocycles. The lowest BCUT2D eigenvalue weighted by Crippen LogP contribution is -2.35. The lowest BCUT2D eigenvalue weighted by molar-refractivity contribution is 0.258. The van der Waals surface area contributed by atoms with E-state index in [4.69, 9.17) is 16.3 Å². The first kappa shape index (κ1) is 16.3. The lowest BCUT2D eigenvalue weighted by atomic mass is 10.1. The SMILES string of the molecule is CN(C)CCOc1cccc(Cl)c1CNC(C)(C)C. The largest absolute Gasteiger partial charge is 0.492 e. The fraction of sp³-hybridized carbons (Fsp3) is 0.600. The van der Waals surface area contributed by atoms with Crippen molar-refractivity contribution < 1.29 is 4.74 Å². The van der Waals surface area contributed by atoms with Crippen molar-refractivity contribution in [3.8, 4) is 5.75 Å². The molecule has 1 aromatic carbocycles. The Kier molecular flexibility index (Phi) is 6.11. The minimum Gasteiger partial charge on any atom is -0.492 e. The highest BCUT2D eigenvalue weighted by molar-refractivity contribution is 6.31. The van der Waals surface area contributed by atoms with Crippen LogP contribution in [-0.2, 0) is 6.54 Å². The van der Waals surface area contributed by atoms with Gasteiger partial charge in [0.2, 0.25) is 0 Å². The molecule has 0 saturated carbocycles. The first-order chi connectivity index (χ1) is 8.79. The molecule has 4 heteroatoms. The number of hydrogen-bond donors (Lipinski definition) is 1. The van der Waals surface area contributed by atoms with E-state index in [0.29, 0.717) is 13.2 Å². The second-order valence-corrected chi connectivity index (χ2v) is 6.38. The maximum Gasteiger partial charge on any atom is 0.125 e. The number of nitrogens with zero attached hydrogens (tertiary/aromatic N) is 1. The number of benzene rings is 1. The number of hydrogen-bond acceptors (Lipinski definition) is 3. The van der Waals surface area contributed by atoms with Crippen molar-refractivity contribution in [3.05, 3.63) is 28.8 Å². The molecule has 0 atom stereocenters. The van der Waals surface area contributed by atoms with Crippen LogP contribution < -0.4 is 10.1 Å². The molecule has 0 aliphatic rings. The van der Waals surface area contributed by atoms with E-state index in [0.717, 1.165) is 22.9 Å². The van der Waals surface area contributed by atoms with Gasteiger partial charge in [-0.05, 0) is 47.0 Å². The van der Waals surface area contributed by atoms with Crippen LogP contribution in [0.2, 0.25) is 5.02 Å². The Morgan fingerprint density at radius 3 is 2.53 bits per heavy atom. The van der Waals surface area contributed by atoms with E-state index in [2.05, 4.69) is 31.0 Å². The maximum atomic E-state index is 6.27. The second-order valence-electron chi connectivity index (χ2n) is 5.97. The molecule has 0 fully saturated rings. The summed E-state index contributed by atoms with van der Waals surface area (Å²) >= 11 is 6.27. The highest BCUT2D eigenvalue weighted by atomic mass is 35.5. The van der Waals surface area contributed by atoms with E-state index in [1.165, 1.54) is 0 Å². The Hall–Kier alpha value is -0.770. The van der Waals surface area contributed by atoms with E-state index >= 15 is 0 Å². The summed E-state index contributed by atoms with van der Waals surface area (Å²) in [4.78, 5) is 2.09. The lowest BCUT2D eigenvalue weighted by Gasteiger charge is -2.22. The molecule has 0 spiro atoms. The second kappa shape index (κ2) is 7.13. The molecule has 108 valence electrons. The Labute approximate surface area is 121 Å². The molecule has 0 aliphatic heterocycles. The van der Waals surface area contributed by atoms with Gasteiger partial charge in [0.15, 0.2) is 0 Å². The van der Waals surface area contributed by atoms with Crippen molar-refractivity contribution in [1.29, 1.82) is 0 Å². The van der Waals surface area contributed by atoms with Crippen molar-refractivity contribution in [3.63, 3.8) is 0 Å². The predicted molar refractivity (Wildman–Crippen MR) is 82.1 cm³/mol. The third-order valence-electron chi connectivity index (χ3n) is 2.67. The van der Waals surface area contributed by atoms with Gasteiger partial charge in [0.1, 0.15) is 12.4 Å². The molecule has 0 aliphatic carbocycles. The van der Waals surface area contributed by atoms with Gasteiger partial charge in [-0.2, -0.15) is 0 Å². The van der Waals surface area contributed by atoms with Gasteiger partial charge < -0.3 is 15.0 Å². The van der Waals surface area contributed by atoms with Crippen LogP contribution in [0.1, 0.15) is 26.3 Å². The summed E-state index contributed by atoms with van der Waals surface area (Å²) in [7, 11) is 4.06. The third-order valence-corrected chi connectivity index (χ3v) is 3.02. The van der Waals surface area contributed by atoms with Gasteiger partial charge >= 0.3 is 0 Å². The van der Waals surface area contributed by atoms with Crippen molar-refractivity contribution >= 4 is 11.6 Å². The first-order valence-electron chi connectivity index (χ1n) is 6.59. The summed E-state index contributed by atoms with van der Waals surface area (Å²) in [6.07, 6.45) is 0. The maximum absolute atomic E-state index is 6.27.